The summed E-state index contributed by atoms with van der Waals surface area (Å²) in [6.45, 7) is -0.375. The number of hydrogen-bond donors (Lipinski definition) is 3. The van der Waals surface area contributed by atoms with Gasteiger partial charge in [0.05, 0.1) is 12.1 Å². The lowest BCUT2D eigenvalue weighted by molar-refractivity contribution is -0.141. The summed E-state index contributed by atoms with van der Waals surface area (Å²) in [5.74, 6) is -2.69. The van der Waals surface area contributed by atoms with Gasteiger partial charge in [-0.25, -0.2) is 8.78 Å². The number of nitrogens with two attached hydrogens (primary N) is 1. The molecule has 1 saturated carbocycles. The minimum atomic E-state index is -2.69. The predicted octanol–water partition coefficient (Wildman–Crippen LogP) is -0.0202. The van der Waals surface area contributed by atoms with E-state index < -0.39 is 24.3 Å². The first kappa shape index (κ1) is 9.60. The fraction of sp³-hybridized carbons (Fsp3) is 0.833. The molecule has 0 aromatic heterocycles. The van der Waals surface area contributed by atoms with Crippen molar-refractivity contribution in [3.05, 3.63) is 0 Å². The lowest BCUT2D eigenvalue weighted by Gasteiger charge is -2.46. The molecule has 0 amide bonds. The summed E-state index contributed by atoms with van der Waals surface area (Å²) in [7, 11) is 0. The largest absolute Gasteiger partial charge is 0.394 e. The van der Waals surface area contributed by atoms with Crippen LogP contribution in [-0.4, -0.2) is 28.3 Å². The SMILES string of the molecule is NC(=S)NC1(CO)CC(F)(F)C1. The highest BCUT2D eigenvalue weighted by atomic mass is 32.1. The second kappa shape index (κ2) is 2.77. The van der Waals surface area contributed by atoms with Crippen molar-refractivity contribution in [3.8, 4) is 0 Å². The maximum Gasteiger partial charge on any atom is 0.252 e. The van der Waals surface area contributed by atoms with Crippen molar-refractivity contribution in [3.63, 3.8) is 0 Å². The monoisotopic (exact) mass is 196 g/mol. The zero-order valence-electron chi connectivity index (χ0n) is 6.31. The number of aliphatic hydroxyl groups excluding tert-OH is 1. The Kier molecular flexibility index (Phi) is 2.22. The Balaban J connectivity index is 2.53. The van der Waals surface area contributed by atoms with Gasteiger partial charge < -0.3 is 16.2 Å². The molecule has 0 spiro atoms. The van der Waals surface area contributed by atoms with Crippen molar-refractivity contribution >= 4 is 17.3 Å². The van der Waals surface area contributed by atoms with Gasteiger partial charge in [0.1, 0.15) is 0 Å². The van der Waals surface area contributed by atoms with Crippen LogP contribution >= 0.6 is 12.2 Å². The standard InChI is InChI=1S/C6H10F2N2OS/c7-6(8)1-5(2-6,3-11)10-4(9)12/h11H,1-3H2,(H3,9,10,12). The molecule has 0 aromatic carbocycles. The molecule has 4 N–H and O–H groups in total. The van der Waals surface area contributed by atoms with Gasteiger partial charge in [-0.1, -0.05) is 0 Å². The van der Waals surface area contributed by atoms with Gasteiger partial charge in [-0.2, -0.15) is 0 Å². The van der Waals surface area contributed by atoms with Crippen LogP contribution in [-0.2, 0) is 0 Å². The van der Waals surface area contributed by atoms with E-state index in [0.29, 0.717) is 0 Å². The van der Waals surface area contributed by atoms with Crippen LogP contribution in [0.3, 0.4) is 0 Å². The van der Waals surface area contributed by atoms with Gasteiger partial charge in [0.15, 0.2) is 5.11 Å². The second-order valence-electron chi connectivity index (χ2n) is 3.14. The molecule has 1 fully saturated rings. The minimum Gasteiger partial charge on any atom is -0.394 e. The third-order valence-corrected chi connectivity index (χ3v) is 1.99. The summed E-state index contributed by atoms with van der Waals surface area (Å²) in [5, 5.41) is 11.2. The van der Waals surface area contributed by atoms with Gasteiger partial charge in [0.25, 0.3) is 5.92 Å². The number of rotatable bonds is 2. The van der Waals surface area contributed by atoms with Crippen molar-refractivity contribution in [2.75, 3.05) is 6.61 Å². The normalized spacial score (nSPS) is 24.2. The Hall–Kier alpha value is -0.490. The van der Waals surface area contributed by atoms with E-state index in [-0.39, 0.29) is 11.7 Å². The number of thiocarbonyl (C=S) groups is 1. The summed E-state index contributed by atoms with van der Waals surface area (Å²) >= 11 is 4.50. The van der Waals surface area contributed by atoms with E-state index in [4.69, 9.17) is 10.8 Å². The quantitative estimate of drug-likeness (QED) is 0.543. The molecule has 0 saturated heterocycles. The molecule has 0 heterocycles. The summed E-state index contributed by atoms with van der Waals surface area (Å²) in [4.78, 5) is 0. The van der Waals surface area contributed by atoms with Crippen LogP contribution in [0.4, 0.5) is 8.78 Å². The van der Waals surface area contributed by atoms with Gasteiger partial charge >= 0.3 is 0 Å². The van der Waals surface area contributed by atoms with E-state index in [2.05, 4.69) is 17.5 Å². The van der Waals surface area contributed by atoms with E-state index >= 15 is 0 Å². The topological polar surface area (TPSA) is 58.3 Å². The zero-order chi connectivity index (χ0) is 9.41. The number of aliphatic hydroxyl groups is 1. The highest BCUT2D eigenvalue weighted by Crippen LogP contribution is 2.45. The van der Waals surface area contributed by atoms with Crippen LogP contribution in [0.2, 0.25) is 0 Å². The maximum absolute atomic E-state index is 12.4. The van der Waals surface area contributed by atoms with Crippen molar-refractivity contribution < 1.29 is 13.9 Å². The Morgan fingerprint density at radius 3 is 2.33 bits per heavy atom. The van der Waals surface area contributed by atoms with Crippen molar-refractivity contribution in [2.45, 2.75) is 24.3 Å². The lowest BCUT2D eigenvalue weighted by atomic mass is 9.74. The first-order valence-electron chi connectivity index (χ1n) is 3.45. The van der Waals surface area contributed by atoms with Crippen LogP contribution in [0.5, 0.6) is 0 Å². The van der Waals surface area contributed by atoms with Crippen LogP contribution in [0.25, 0.3) is 0 Å². The van der Waals surface area contributed by atoms with Crippen LogP contribution in [0.1, 0.15) is 12.8 Å². The highest BCUT2D eigenvalue weighted by Gasteiger charge is 2.56. The molecule has 0 bridgehead atoms. The smallest absolute Gasteiger partial charge is 0.252 e. The maximum atomic E-state index is 12.4. The van der Waals surface area contributed by atoms with E-state index in [9.17, 15) is 8.78 Å². The predicted molar refractivity (Wildman–Crippen MR) is 43.9 cm³/mol. The Labute approximate surface area is 73.9 Å². The molecule has 12 heavy (non-hydrogen) atoms. The Morgan fingerprint density at radius 1 is 1.58 bits per heavy atom. The fourth-order valence-electron chi connectivity index (χ4n) is 1.44. The minimum absolute atomic E-state index is 0.0560. The van der Waals surface area contributed by atoms with E-state index in [1.807, 2.05) is 0 Å². The van der Waals surface area contributed by atoms with E-state index in [1.165, 1.54) is 0 Å². The summed E-state index contributed by atoms with van der Waals surface area (Å²) in [6.07, 6.45) is -0.818. The van der Waals surface area contributed by atoms with Crippen molar-refractivity contribution in [1.82, 2.24) is 5.32 Å². The summed E-state index contributed by atoms with van der Waals surface area (Å²) < 4.78 is 24.9. The lowest BCUT2D eigenvalue weighted by Crippen LogP contribution is -2.65. The number of halogens is 2. The molecule has 70 valence electrons. The highest BCUT2D eigenvalue weighted by molar-refractivity contribution is 7.80. The number of nitrogens with one attached hydrogen (secondary N) is 1. The molecule has 0 aromatic rings. The molecule has 0 atom stereocenters. The van der Waals surface area contributed by atoms with Gasteiger partial charge in [0.2, 0.25) is 0 Å². The molecule has 0 radical (unpaired) electrons. The first-order chi connectivity index (χ1) is 5.39. The second-order valence-corrected chi connectivity index (χ2v) is 3.58. The van der Waals surface area contributed by atoms with Crippen LogP contribution < -0.4 is 11.1 Å². The van der Waals surface area contributed by atoms with Gasteiger partial charge in [0, 0.05) is 12.8 Å². The molecule has 1 aliphatic carbocycles. The molecule has 1 rings (SSSR count). The van der Waals surface area contributed by atoms with Crippen molar-refractivity contribution in [2.24, 2.45) is 5.73 Å². The Bertz CT molecular complexity index is 202. The zero-order valence-corrected chi connectivity index (χ0v) is 7.13. The van der Waals surface area contributed by atoms with E-state index in [0.717, 1.165) is 0 Å². The van der Waals surface area contributed by atoms with Crippen molar-refractivity contribution in [1.29, 1.82) is 0 Å². The average Bonchev–Trinajstić information content (AvgIpc) is 1.81. The summed E-state index contributed by atoms with van der Waals surface area (Å²) in [6, 6.07) is 0. The van der Waals surface area contributed by atoms with E-state index in [1.54, 1.807) is 0 Å². The number of alkyl halides is 2. The molecule has 6 heteroatoms. The molecule has 0 aliphatic heterocycles. The Morgan fingerprint density at radius 2 is 2.08 bits per heavy atom. The molecule has 1 aliphatic rings. The first-order valence-corrected chi connectivity index (χ1v) is 3.86. The third kappa shape index (κ3) is 1.81. The molecular weight excluding hydrogens is 186 g/mol. The summed E-state index contributed by atoms with van der Waals surface area (Å²) in [5.41, 5.74) is 4.13. The van der Waals surface area contributed by atoms with Gasteiger partial charge in [-0.05, 0) is 12.2 Å². The van der Waals surface area contributed by atoms with Crippen LogP contribution in [0.15, 0.2) is 0 Å². The molecule has 0 unspecified atom stereocenters. The molecular formula is C6H10F2N2OS. The molecule has 3 nitrogen and oxygen atoms in total. The van der Waals surface area contributed by atoms with Gasteiger partial charge in [-0.3, -0.25) is 0 Å². The third-order valence-electron chi connectivity index (χ3n) is 1.89. The van der Waals surface area contributed by atoms with Crippen LogP contribution in [0, 0.1) is 0 Å². The number of hydrogen-bond acceptors (Lipinski definition) is 2. The van der Waals surface area contributed by atoms with Gasteiger partial charge in [-0.15, -0.1) is 0 Å². The fourth-order valence-corrected chi connectivity index (χ4v) is 1.66. The average molecular weight is 196 g/mol.